The third-order valence-electron chi connectivity index (χ3n) is 3.95. The van der Waals surface area contributed by atoms with Gasteiger partial charge < -0.3 is 10.6 Å². The fourth-order valence-electron chi connectivity index (χ4n) is 2.51. The molecule has 2 aromatic carbocycles. The topological polar surface area (TPSA) is 66.9 Å². The molecule has 1 aromatic heterocycles. The van der Waals surface area contributed by atoms with E-state index >= 15 is 0 Å². The molecular formula is C21H21FN4O. The summed E-state index contributed by atoms with van der Waals surface area (Å²) >= 11 is 0. The first kappa shape index (κ1) is 18.5. The Balaban J connectivity index is 1.91. The van der Waals surface area contributed by atoms with Gasteiger partial charge in [-0.2, -0.15) is 0 Å². The molecule has 27 heavy (non-hydrogen) atoms. The lowest BCUT2D eigenvalue weighted by molar-refractivity contribution is 0.102. The van der Waals surface area contributed by atoms with Crippen LogP contribution in [0.2, 0.25) is 0 Å². The molecule has 0 spiro atoms. The first-order valence-corrected chi connectivity index (χ1v) is 8.91. The van der Waals surface area contributed by atoms with Crippen LogP contribution in [0.5, 0.6) is 0 Å². The van der Waals surface area contributed by atoms with Gasteiger partial charge in [-0.25, -0.2) is 14.4 Å². The van der Waals surface area contributed by atoms with Gasteiger partial charge in [0.15, 0.2) is 5.82 Å². The van der Waals surface area contributed by atoms with Gasteiger partial charge in [0.05, 0.1) is 5.69 Å². The van der Waals surface area contributed by atoms with Crippen molar-refractivity contribution in [3.05, 3.63) is 72.2 Å². The highest BCUT2D eigenvalue weighted by Crippen LogP contribution is 2.19. The lowest BCUT2D eigenvalue weighted by Gasteiger charge is -2.11. The average Bonchev–Trinajstić information content (AvgIpc) is 2.70. The quantitative estimate of drug-likeness (QED) is 0.594. The van der Waals surface area contributed by atoms with Crippen LogP contribution in [0.3, 0.4) is 0 Å². The molecule has 5 nitrogen and oxygen atoms in total. The molecule has 0 atom stereocenters. The number of benzene rings is 2. The van der Waals surface area contributed by atoms with Gasteiger partial charge in [0.1, 0.15) is 17.3 Å². The summed E-state index contributed by atoms with van der Waals surface area (Å²) in [6.45, 7) is 2.85. The summed E-state index contributed by atoms with van der Waals surface area (Å²) in [5.41, 5.74) is 1.09. The molecule has 0 unspecified atom stereocenters. The SMILES string of the molecule is CCCCNc1cc(C(=O)Nc2ccccc2F)nc(-c2ccccc2)n1. The second-order valence-corrected chi connectivity index (χ2v) is 6.04. The van der Waals surface area contributed by atoms with Crippen molar-refractivity contribution >= 4 is 17.4 Å². The van der Waals surface area contributed by atoms with E-state index in [2.05, 4.69) is 27.5 Å². The van der Waals surface area contributed by atoms with E-state index in [-0.39, 0.29) is 11.4 Å². The molecule has 0 aliphatic heterocycles. The molecule has 2 N–H and O–H groups in total. The number of amides is 1. The van der Waals surface area contributed by atoms with Crippen LogP contribution in [0.15, 0.2) is 60.7 Å². The van der Waals surface area contributed by atoms with Crippen molar-refractivity contribution in [3.8, 4) is 11.4 Å². The molecule has 0 saturated carbocycles. The monoisotopic (exact) mass is 364 g/mol. The van der Waals surface area contributed by atoms with Crippen molar-refractivity contribution in [3.63, 3.8) is 0 Å². The lowest BCUT2D eigenvalue weighted by Crippen LogP contribution is -2.16. The first-order valence-electron chi connectivity index (χ1n) is 8.91. The maximum absolute atomic E-state index is 13.8. The molecule has 0 aliphatic rings. The van der Waals surface area contributed by atoms with Crippen LogP contribution in [-0.4, -0.2) is 22.4 Å². The van der Waals surface area contributed by atoms with Crippen molar-refractivity contribution in [2.24, 2.45) is 0 Å². The number of aromatic nitrogens is 2. The zero-order valence-electron chi connectivity index (χ0n) is 15.1. The fourth-order valence-corrected chi connectivity index (χ4v) is 2.51. The zero-order chi connectivity index (χ0) is 19.1. The minimum absolute atomic E-state index is 0.114. The Kier molecular flexibility index (Phi) is 6.10. The molecule has 1 amide bonds. The maximum atomic E-state index is 13.8. The van der Waals surface area contributed by atoms with Crippen molar-refractivity contribution in [2.75, 3.05) is 17.2 Å². The Morgan fingerprint density at radius 2 is 1.78 bits per heavy atom. The van der Waals surface area contributed by atoms with Gasteiger partial charge in [-0.15, -0.1) is 0 Å². The standard InChI is InChI=1S/C21H21FN4O/c1-2-3-13-23-19-14-18(21(27)25-17-12-8-7-11-16(17)22)24-20(26-19)15-9-5-4-6-10-15/h4-12,14H,2-3,13H2,1H3,(H,25,27)(H,23,24,26). The number of carbonyl (C=O) groups is 1. The van der Waals surface area contributed by atoms with E-state index in [9.17, 15) is 9.18 Å². The number of carbonyl (C=O) groups excluding carboxylic acids is 1. The predicted octanol–water partition coefficient (Wildman–Crippen LogP) is 4.75. The van der Waals surface area contributed by atoms with E-state index in [0.717, 1.165) is 24.9 Å². The van der Waals surface area contributed by atoms with E-state index in [1.165, 1.54) is 12.1 Å². The Hall–Kier alpha value is -3.28. The molecule has 0 fully saturated rings. The highest BCUT2D eigenvalue weighted by Gasteiger charge is 2.14. The number of nitrogens with zero attached hydrogens (tertiary/aromatic N) is 2. The molecule has 0 aliphatic carbocycles. The van der Waals surface area contributed by atoms with Crippen LogP contribution >= 0.6 is 0 Å². The van der Waals surface area contributed by atoms with Crippen LogP contribution in [0.4, 0.5) is 15.9 Å². The molecular weight excluding hydrogens is 343 g/mol. The number of hydrogen-bond acceptors (Lipinski definition) is 4. The first-order chi connectivity index (χ1) is 13.2. The Morgan fingerprint density at radius 1 is 1.04 bits per heavy atom. The van der Waals surface area contributed by atoms with Crippen LogP contribution in [-0.2, 0) is 0 Å². The molecule has 138 valence electrons. The van der Waals surface area contributed by atoms with Gasteiger partial charge in [-0.1, -0.05) is 55.8 Å². The molecule has 3 aromatic rings. The summed E-state index contributed by atoms with van der Waals surface area (Å²) in [6.07, 6.45) is 2.03. The lowest BCUT2D eigenvalue weighted by atomic mass is 10.2. The van der Waals surface area contributed by atoms with Crippen LogP contribution in [0, 0.1) is 5.82 Å². The molecule has 3 rings (SSSR count). The Morgan fingerprint density at radius 3 is 2.52 bits per heavy atom. The predicted molar refractivity (Wildman–Crippen MR) is 105 cm³/mol. The summed E-state index contributed by atoms with van der Waals surface area (Å²) in [6, 6.07) is 17.0. The van der Waals surface area contributed by atoms with E-state index in [0.29, 0.717) is 11.6 Å². The minimum Gasteiger partial charge on any atom is -0.370 e. The van der Waals surface area contributed by atoms with E-state index < -0.39 is 11.7 Å². The minimum atomic E-state index is -0.496. The van der Waals surface area contributed by atoms with E-state index in [4.69, 9.17) is 0 Å². The summed E-state index contributed by atoms with van der Waals surface area (Å²) in [5.74, 6) is 0.0227. The summed E-state index contributed by atoms with van der Waals surface area (Å²) in [5, 5.41) is 5.79. The highest BCUT2D eigenvalue weighted by molar-refractivity contribution is 6.03. The smallest absolute Gasteiger partial charge is 0.274 e. The largest absolute Gasteiger partial charge is 0.370 e. The summed E-state index contributed by atoms with van der Waals surface area (Å²) in [7, 11) is 0. The Labute approximate surface area is 157 Å². The molecule has 0 saturated heterocycles. The van der Waals surface area contributed by atoms with Crippen molar-refractivity contribution in [1.29, 1.82) is 0 Å². The number of para-hydroxylation sites is 1. The van der Waals surface area contributed by atoms with Crippen molar-refractivity contribution < 1.29 is 9.18 Å². The van der Waals surface area contributed by atoms with Crippen LogP contribution in [0.1, 0.15) is 30.3 Å². The second kappa shape index (κ2) is 8.89. The third kappa shape index (κ3) is 4.88. The maximum Gasteiger partial charge on any atom is 0.274 e. The van der Waals surface area contributed by atoms with Gasteiger partial charge in [0.25, 0.3) is 5.91 Å². The van der Waals surface area contributed by atoms with Crippen LogP contribution in [0.25, 0.3) is 11.4 Å². The summed E-state index contributed by atoms with van der Waals surface area (Å²) < 4.78 is 13.8. The van der Waals surface area contributed by atoms with E-state index in [1.807, 2.05) is 30.3 Å². The van der Waals surface area contributed by atoms with E-state index in [1.54, 1.807) is 18.2 Å². The molecule has 0 radical (unpaired) electrons. The number of rotatable bonds is 7. The normalized spacial score (nSPS) is 10.4. The summed E-state index contributed by atoms with van der Waals surface area (Å²) in [4.78, 5) is 21.5. The molecule has 0 bridgehead atoms. The molecule has 1 heterocycles. The number of hydrogen-bond donors (Lipinski definition) is 2. The van der Waals surface area contributed by atoms with Gasteiger partial charge >= 0.3 is 0 Å². The number of unbranched alkanes of at least 4 members (excludes halogenated alkanes) is 1. The highest BCUT2D eigenvalue weighted by atomic mass is 19.1. The number of nitrogens with one attached hydrogen (secondary N) is 2. The number of anilines is 2. The number of halogens is 1. The fraction of sp³-hybridized carbons (Fsp3) is 0.190. The van der Waals surface area contributed by atoms with Gasteiger partial charge in [-0.05, 0) is 18.6 Å². The van der Waals surface area contributed by atoms with Crippen molar-refractivity contribution in [2.45, 2.75) is 19.8 Å². The van der Waals surface area contributed by atoms with Crippen molar-refractivity contribution in [1.82, 2.24) is 9.97 Å². The van der Waals surface area contributed by atoms with Gasteiger partial charge in [0, 0.05) is 18.2 Å². The molecule has 6 heteroatoms. The van der Waals surface area contributed by atoms with Gasteiger partial charge in [0.2, 0.25) is 0 Å². The zero-order valence-corrected chi connectivity index (χ0v) is 15.1. The van der Waals surface area contributed by atoms with Gasteiger partial charge in [-0.3, -0.25) is 4.79 Å². The Bertz CT molecular complexity index is 915. The average molecular weight is 364 g/mol. The second-order valence-electron chi connectivity index (χ2n) is 6.04. The third-order valence-corrected chi connectivity index (χ3v) is 3.95. The van der Waals surface area contributed by atoms with Crippen LogP contribution < -0.4 is 10.6 Å².